The van der Waals surface area contributed by atoms with Crippen LogP contribution in [0.15, 0.2) is 60.9 Å². The van der Waals surface area contributed by atoms with E-state index in [0.29, 0.717) is 6.04 Å². The van der Waals surface area contributed by atoms with E-state index < -0.39 is 0 Å². The van der Waals surface area contributed by atoms with Crippen molar-refractivity contribution in [1.82, 2.24) is 14.5 Å². The van der Waals surface area contributed by atoms with E-state index in [0.717, 1.165) is 43.4 Å². The van der Waals surface area contributed by atoms with Crippen LogP contribution in [0.2, 0.25) is 0 Å². The molecule has 28 heavy (non-hydrogen) atoms. The summed E-state index contributed by atoms with van der Waals surface area (Å²) in [4.78, 5) is 7.15. The Morgan fingerprint density at radius 3 is 2.68 bits per heavy atom. The van der Waals surface area contributed by atoms with Crippen LogP contribution in [0.3, 0.4) is 0 Å². The van der Waals surface area contributed by atoms with Crippen LogP contribution in [0.25, 0.3) is 0 Å². The molecule has 1 unspecified atom stereocenters. The quantitative estimate of drug-likeness (QED) is 0.616. The minimum atomic E-state index is 0.336. The van der Waals surface area contributed by atoms with Crippen molar-refractivity contribution in [2.75, 3.05) is 20.8 Å². The zero-order valence-electron chi connectivity index (χ0n) is 16.5. The zero-order valence-corrected chi connectivity index (χ0v) is 16.5. The molecule has 5 nitrogen and oxygen atoms in total. The van der Waals surface area contributed by atoms with Gasteiger partial charge in [0.2, 0.25) is 0 Å². The highest BCUT2D eigenvalue weighted by atomic mass is 16.5. The van der Waals surface area contributed by atoms with E-state index in [9.17, 15) is 0 Å². The van der Waals surface area contributed by atoms with Gasteiger partial charge in [-0.1, -0.05) is 36.4 Å². The van der Waals surface area contributed by atoms with Crippen molar-refractivity contribution in [3.8, 4) is 11.5 Å². The van der Waals surface area contributed by atoms with Crippen molar-refractivity contribution in [3.05, 3.63) is 77.9 Å². The molecule has 1 aliphatic heterocycles. The molecular weight excluding hydrogens is 350 g/mol. The first-order valence-corrected chi connectivity index (χ1v) is 9.78. The van der Waals surface area contributed by atoms with Crippen LogP contribution in [-0.4, -0.2) is 35.2 Å². The van der Waals surface area contributed by atoms with E-state index in [-0.39, 0.29) is 0 Å². The van der Waals surface area contributed by atoms with Gasteiger partial charge in [0, 0.05) is 36.6 Å². The summed E-state index contributed by atoms with van der Waals surface area (Å²) in [6.07, 6.45) is 6.28. The molecule has 0 N–H and O–H groups in total. The summed E-state index contributed by atoms with van der Waals surface area (Å²) in [5, 5.41) is 0. The monoisotopic (exact) mass is 377 g/mol. The number of imidazole rings is 1. The van der Waals surface area contributed by atoms with Gasteiger partial charge in [0.15, 0.2) is 0 Å². The van der Waals surface area contributed by atoms with Crippen LogP contribution >= 0.6 is 0 Å². The molecule has 0 radical (unpaired) electrons. The molecule has 0 spiro atoms. The summed E-state index contributed by atoms with van der Waals surface area (Å²) in [5.74, 6) is 2.82. The second-order valence-electron chi connectivity index (χ2n) is 7.19. The Hall–Kier alpha value is -2.79. The van der Waals surface area contributed by atoms with Crippen molar-refractivity contribution < 1.29 is 9.47 Å². The Morgan fingerprint density at radius 2 is 1.89 bits per heavy atom. The van der Waals surface area contributed by atoms with Gasteiger partial charge >= 0.3 is 0 Å². The summed E-state index contributed by atoms with van der Waals surface area (Å²) >= 11 is 0. The van der Waals surface area contributed by atoms with E-state index >= 15 is 0 Å². The molecule has 1 fully saturated rings. The van der Waals surface area contributed by atoms with Gasteiger partial charge in [0.25, 0.3) is 0 Å². The molecule has 5 heteroatoms. The van der Waals surface area contributed by atoms with Crippen molar-refractivity contribution in [1.29, 1.82) is 0 Å². The molecule has 1 aromatic heterocycles. The van der Waals surface area contributed by atoms with E-state index in [4.69, 9.17) is 9.47 Å². The van der Waals surface area contributed by atoms with Gasteiger partial charge in [-0.15, -0.1) is 0 Å². The third-order valence-electron chi connectivity index (χ3n) is 5.51. The molecule has 2 heterocycles. The maximum absolute atomic E-state index is 5.66. The van der Waals surface area contributed by atoms with Crippen molar-refractivity contribution in [2.45, 2.75) is 32.0 Å². The first kappa shape index (κ1) is 18.6. The van der Waals surface area contributed by atoms with Crippen molar-refractivity contribution in [2.24, 2.45) is 0 Å². The standard InChI is InChI=1S/C23H27N3O2/c1-27-19-10-11-20(22(15-19)28-2)21-9-6-13-25(21)17-23-24-12-14-26(23)16-18-7-4-3-5-8-18/h3-5,7-8,10-12,14-15,21H,6,9,13,16-17H2,1-2H3. The molecule has 1 aliphatic rings. The molecule has 3 aromatic rings. The minimum Gasteiger partial charge on any atom is -0.497 e. The fourth-order valence-electron chi connectivity index (χ4n) is 4.06. The lowest BCUT2D eigenvalue weighted by molar-refractivity contribution is 0.234. The molecule has 0 aliphatic carbocycles. The Kier molecular flexibility index (Phi) is 5.63. The summed E-state index contributed by atoms with van der Waals surface area (Å²) in [6, 6.07) is 17.0. The van der Waals surface area contributed by atoms with Gasteiger partial charge in [-0.05, 0) is 31.0 Å². The normalized spacial score (nSPS) is 17.0. The number of hydrogen-bond donors (Lipinski definition) is 0. The summed E-state index contributed by atoms with van der Waals surface area (Å²) in [5.41, 5.74) is 2.51. The van der Waals surface area contributed by atoms with E-state index in [1.165, 1.54) is 17.5 Å². The molecule has 0 saturated carbocycles. The fourth-order valence-corrected chi connectivity index (χ4v) is 4.06. The first-order valence-electron chi connectivity index (χ1n) is 9.78. The molecule has 1 atom stereocenters. The molecular formula is C23H27N3O2. The lowest BCUT2D eigenvalue weighted by Crippen LogP contribution is -2.25. The maximum atomic E-state index is 5.66. The van der Waals surface area contributed by atoms with Crippen LogP contribution in [0.1, 0.15) is 35.8 Å². The molecule has 0 amide bonds. The summed E-state index contributed by atoms with van der Waals surface area (Å²) in [6.45, 7) is 2.75. The van der Waals surface area contributed by atoms with Gasteiger partial charge < -0.3 is 14.0 Å². The highest BCUT2D eigenvalue weighted by Crippen LogP contribution is 2.39. The average molecular weight is 377 g/mol. The number of aromatic nitrogens is 2. The summed E-state index contributed by atoms with van der Waals surface area (Å²) < 4.78 is 13.3. The largest absolute Gasteiger partial charge is 0.497 e. The minimum absolute atomic E-state index is 0.336. The molecule has 2 aromatic carbocycles. The van der Waals surface area contributed by atoms with E-state index in [2.05, 4.69) is 57.0 Å². The Labute approximate surface area is 166 Å². The summed E-state index contributed by atoms with van der Waals surface area (Å²) in [7, 11) is 3.41. The highest BCUT2D eigenvalue weighted by molar-refractivity contribution is 5.43. The Morgan fingerprint density at radius 1 is 1.04 bits per heavy atom. The van der Waals surface area contributed by atoms with E-state index in [1.54, 1.807) is 14.2 Å². The number of likely N-dealkylation sites (tertiary alicyclic amines) is 1. The highest BCUT2D eigenvalue weighted by Gasteiger charge is 2.29. The molecule has 146 valence electrons. The fraction of sp³-hybridized carbons (Fsp3) is 0.348. The van der Waals surface area contributed by atoms with Crippen LogP contribution in [-0.2, 0) is 13.1 Å². The van der Waals surface area contributed by atoms with Crippen molar-refractivity contribution >= 4 is 0 Å². The average Bonchev–Trinajstić information content (AvgIpc) is 3.38. The lowest BCUT2D eigenvalue weighted by atomic mass is 10.0. The van der Waals surface area contributed by atoms with Gasteiger partial charge in [-0.3, -0.25) is 4.90 Å². The predicted octanol–water partition coefficient (Wildman–Crippen LogP) is 4.29. The Bertz CT molecular complexity index is 907. The van der Waals surface area contributed by atoms with Gasteiger partial charge in [-0.2, -0.15) is 0 Å². The number of nitrogens with zero attached hydrogens (tertiary/aromatic N) is 3. The van der Waals surface area contributed by atoms with Crippen molar-refractivity contribution in [3.63, 3.8) is 0 Å². The Balaban J connectivity index is 1.54. The molecule has 0 bridgehead atoms. The maximum Gasteiger partial charge on any atom is 0.127 e. The SMILES string of the molecule is COc1ccc(C2CCCN2Cc2nccn2Cc2ccccc2)c(OC)c1. The zero-order chi connectivity index (χ0) is 19.3. The van der Waals surface area contributed by atoms with Crippen LogP contribution in [0.4, 0.5) is 0 Å². The molecule has 1 saturated heterocycles. The second kappa shape index (κ2) is 8.48. The van der Waals surface area contributed by atoms with E-state index in [1.807, 2.05) is 18.3 Å². The van der Waals surface area contributed by atoms with Gasteiger partial charge in [0.1, 0.15) is 17.3 Å². The number of methoxy groups -OCH3 is 2. The topological polar surface area (TPSA) is 39.5 Å². The van der Waals surface area contributed by atoms with Gasteiger partial charge in [0.05, 0.1) is 20.8 Å². The predicted molar refractivity (Wildman–Crippen MR) is 110 cm³/mol. The smallest absolute Gasteiger partial charge is 0.127 e. The third kappa shape index (κ3) is 3.90. The number of hydrogen-bond acceptors (Lipinski definition) is 4. The van der Waals surface area contributed by atoms with Crippen LogP contribution < -0.4 is 9.47 Å². The molecule has 4 rings (SSSR count). The third-order valence-corrected chi connectivity index (χ3v) is 5.51. The number of ether oxygens (including phenoxy) is 2. The van der Waals surface area contributed by atoms with Crippen LogP contribution in [0, 0.1) is 0 Å². The van der Waals surface area contributed by atoms with Crippen LogP contribution in [0.5, 0.6) is 11.5 Å². The number of benzene rings is 2. The first-order chi connectivity index (χ1) is 13.8. The van der Waals surface area contributed by atoms with Gasteiger partial charge in [-0.25, -0.2) is 4.98 Å². The second-order valence-corrected chi connectivity index (χ2v) is 7.19. The lowest BCUT2D eigenvalue weighted by Gasteiger charge is -2.26. The number of rotatable bonds is 7.